The van der Waals surface area contributed by atoms with Crippen LogP contribution in [0.15, 0.2) is 64.0 Å². The van der Waals surface area contributed by atoms with Crippen LogP contribution in [0.5, 0.6) is 0 Å². The predicted octanol–water partition coefficient (Wildman–Crippen LogP) is 4.98. The Morgan fingerprint density at radius 3 is 2.30 bits per heavy atom. The highest BCUT2D eigenvalue weighted by molar-refractivity contribution is 6.07. The number of ether oxygens (including phenoxy) is 1. The second kappa shape index (κ2) is 9.30. The van der Waals surface area contributed by atoms with Crippen LogP contribution < -0.4 is 5.32 Å². The minimum absolute atomic E-state index is 0.133. The molecule has 0 fully saturated rings. The fourth-order valence-corrected chi connectivity index (χ4v) is 3.33. The Bertz CT molecular complexity index is 940. The number of nitrogens with zero attached hydrogens (tertiary/aromatic N) is 3. The van der Waals surface area contributed by atoms with Crippen LogP contribution >= 0.6 is 0 Å². The number of esters is 1. The molecule has 2 aromatic carbocycles. The lowest BCUT2D eigenvalue weighted by molar-refractivity contribution is -0.158. The lowest BCUT2D eigenvalue weighted by atomic mass is 9.96. The highest BCUT2D eigenvalue weighted by atomic mass is 16.6. The number of hydrogen-bond acceptors (Lipinski definition) is 6. The van der Waals surface area contributed by atoms with Gasteiger partial charge in [-0.15, -0.1) is 5.10 Å². The molecule has 0 bridgehead atoms. The predicted molar refractivity (Wildman–Crippen MR) is 119 cm³/mol. The van der Waals surface area contributed by atoms with Gasteiger partial charge < -0.3 is 10.1 Å². The Hall–Kier alpha value is -2.86. The molecule has 0 saturated heterocycles. The monoisotopic (exact) mass is 406 g/mol. The van der Waals surface area contributed by atoms with Crippen molar-refractivity contribution in [1.82, 2.24) is 5.32 Å². The molecule has 1 unspecified atom stereocenters. The van der Waals surface area contributed by atoms with Crippen LogP contribution in [0.3, 0.4) is 0 Å². The first-order valence-electron chi connectivity index (χ1n) is 10.3. The molecular weight excluding hydrogens is 376 g/mol. The molecule has 1 aliphatic heterocycles. The molecule has 0 radical (unpaired) electrons. The Labute approximate surface area is 178 Å². The third-order valence-electron chi connectivity index (χ3n) is 4.81. The Morgan fingerprint density at radius 2 is 1.73 bits per heavy atom. The van der Waals surface area contributed by atoms with Crippen molar-refractivity contribution < 1.29 is 9.53 Å². The fraction of sp³-hybridized carbons (Fsp3) is 0.417. The van der Waals surface area contributed by atoms with E-state index in [1.807, 2.05) is 52.8 Å². The zero-order valence-corrected chi connectivity index (χ0v) is 18.3. The van der Waals surface area contributed by atoms with Crippen molar-refractivity contribution >= 4 is 11.7 Å². The molecule has 6 heteroatoms. The number of carbonyl (C=O) groups is 1. The number of nitrogens with one attached hydrogen (secondary N) is 1. The first-order valence-corrected chi connectivity index (χ1v) is 10.3. The maximum atomic E-state index is 12.5. The second-order valence-electron chi connectivity index (χ2n) is 8.81. The SMILES string of the molecule is CC(C)C(NCc1ccc(-c2ccccc2C2=NN=NC2)cc1)C(=O)OC(C)(C)C. The summed E-state index contributed by atoms with van der Waals surface area (Å²) in [4.78, 5) is 12.5. The summed E-state index contributed by atoms with van der Waals surface area (Å²) in [6.45, 7) is 10.8. The van der Waals surface area contributed by atoms with Crippen molar-refractivity contribution in [2.24, 2.45) is 21.4 Å². The molecule has 2 aromatic rings. The van der Waals surface area contributed by atoms with Crippen molar-refractivity contribution in [1.29, 1.82) is 0 Å². The van der Waals surface area contributed by atoms with Crippen molar-refractivity contribution in [3.05, 3.63) is 59.7 Å². The first kappa shape index (κ1) is 21.8. The number of hydrogen-bond donors (Lipinski definition) is 1. The molecule has 158 valence electrons. The highest BCUT2D eigenvalue weighted by Crippen LogP contribution is 2.26. The molecule has 0 aromatic heterocycles. The Balaban J connectivity index is 1.70. The molecule has 0 amide bonds. The summed E-state index contributed by atoms with van der Waals surface area (Å²) >= 11 is 0. The summed E-state index contributed by atoms with van der Waals surface area (Å²) in [6.07, 6.45) is 0. The van der Waals surface area contributed by atoms with E-state index in [0.717, 1.165) is 28.0 Å². The Kier molecular flexibility index (Phi) is 6.77. The van der Waals surface area contributed by atoms with Crippen LogP contribution in [-0.4, -0.2) is 29.9 Å². The maximum Gasteiger partial charge on any atom is 0.323 e. The van der Waals surface area contributed by atoms with Gasteiger partial charge in [0.2, 0.25) is 0 Å². The minimum Gasteiger partial charge on any atom is -0.459 e. The minimum atomic E-state index is -0.495. The van der Waals surface area contributed by atoms with E-state index in [4.69, 9.17) is 4.74 Å². The molecule has 0 spiro atoms. The number of carbonyl (C=O) groups excluding carboxylic acids is 1. The molecular formula is C24H30N4O2. The lowest BCUT2D eigenvalue weighted by Crippen LogP contribution is -2.44. The smallest absolute Gasteiger partial charge is 0.323 e. The average Bonchev–Trinajstić information content (AvgIpc) is 3.22. The van der Waals surface area contributed by atoms with Gasteiger partial charge in [0.1, 0.15) is 18.2 Å². The highest BCUT2D eigenvalue weighted by Gasteiger charge is 2.27. The summed E-state index contributed by atoms with van der Waals surface area (Å²) in [7, 11) is 0. The van der Waals surface area contributed by atoms with Gasteiger partial charge in [0.05, 0.1) is 5.71 Å². The molecule has 0 saturated carbocycles. The fourth-order valence-electron chi connectivity index (χ4n) is 3.33. The second-order valence-corrected chi connectivity index (χ2v) is 8.81. The number of rotatable bonds is 7. The van der Waals surface area contributed by atoms with Gasteiger partial charge in [-0.3, -0.25) is 4.79 Å². The average molecular weight is 407 g/mol. The van der Waals surface area contributed by atoms with E-state index in [2.05, 4.69) is 51.1 Å². The molecule has 1 N–H and O–H groups in total. The molecule has 1 aliphatic rings. The standard InChI is InChI=1S/C24H30N4O2/c1-16(2)22(23(29)30-24(3,4)5)25-14-17-10-12-18(13-11-17)19-8-6-7-9-20(19)21-15-26-28-27-21/h6-13,16,22,25H,14-15H2,1-5H3. The van der Waals surface area contributed by atoms with Crippen LogP contribution in [0.1, 0.15) is 45.7 Å². The summed E-state index contributed by atoms with van der Waals surface area (Å²) in [5, 5.41) is 15.2. The molecule has 3 rings (SSSR count). The molecule has 30 heavy (non-hydrogen) atoms. The van der Waals surface area contributed by atoms with Gasteiger partial charge in [-0.2, -0.15) is 5.11 Å². The normalized spacial score (nSPS) is 14.7. The summed E-state index contributed by atoms with van der Waals surface area (Å²) in [5.74, 6) is -0.0785. The van der Waals surface area contributed by atoms with E-state index >= 15 is 0 Å². The van der Waals surface area contributed by atoms with Crippen molar-refractivity contribution in [3.8, 4) is 11.1 Å². The van der Waals surface area contributed by atoms with E-state index in [9.17, 15) is 4.79 Å². The van der Waals surface area contributed by atoms with Crippen LogP contribution in [-0.2, 0) is 16.1 Å². The van der Waals surface area contributed by atoms with Crippen LogP contribution in [0.2, 0.25) is 0 Å². The zero-order chi connectivity index (χ0) is 21.7. The third-order valence-corrected chi connectivity index (χ3v) is 4.81. The molecule has 1 heterocycles. The van der Waals surface area contributed by atoms with E-state index in [1.165, 1.54) is 0 Å². The summed E-state index contributed by atoms with van der Waals surface area (Å²) in [6, 6.07) is 16.2. The van der Waals surface area contributed by atoms with Gasteiger partial charge in [-0.25, -0.2) is 0 Å². The van der Waals surface area contributed by atoms with Gasteiger partial charge >= 0.3 is 5.97 Å². The Morgan fingerprint density at radius 1 is 1.07 bits per heavy atom. The molecule has 0 aliphatic carbocycles. The summed E-state index contributed by atoms with van der Waals surface area (Å²) in [5.41, 5.74) is 4.76. The van der Waals surface area contributed by atoms with Crippen molar-refractivity contribution in [3.63, 3.8) is 0 Å². The third kappa shape index (κ3) is 5.60. The maximum absolute atomic E-state index is 12.5. The van der Waals surface area contributed by atoms with Crippen LogP contribution in [0, 0.1) is 5.92 Å². The van der Waals surface area contributed by atoms with Crippen molar-refractivity contribution in [2.75, 3.05) is 6.54 Å². The number of benzene rings is 2. The van der Waals surface area contributed by atoms with Gasteiger partial charge in [0.25, 0.3) is 0 Å². The zero-order valence-electron chi connectivity index (χ0n) is 18.3. The molecule has 6 nitrogen and oxygen atoms in total. The molecule has 1 atom stereocenters. The van der Waals surface area contributed by atoms with E-state index in [-0.39, 0.29) is 17.9 Å². The largest absolute Gasteiger partial charge is 0.459 e. The van der Waals surface area contributed by atoms with Gasteiger partial charge in [-0.1, -0.05) is 62.4 Å². The topological polar surface area (TPSA) is 75.4 Å². The van der Waals surface area contributed by atoms with Crippen molar-refractivity contribution in [2.45, 2.75) is 52.8 Å². The first-order chi connectivity index (χ1) is 14.2. The lowest BCUT2D eigenvalue weighted by Gasteiger charge is -2.26. The quantitative estimate of drug-likeness (QED) is 0.659. The van der Waals surface area contributed by atoms with E-state index < -0.39 is 5.60 Å². The summed E-state index contributed by atoms with van der Waals surface area (Å²) < 4.78 is 5.56. The van der Waals surface area contributed by atoms with Gasteiger partial charge in [0.15, 0.2) is 0 Å². The van der Waals surface area contributed by atoms with Gasteiger partial charge in [-0.05, 0) is 48.6 Å². The van der Waals surface area contributed by atoms with E-state index in [1.54, 1.807) is 0 Å². The van der Waals surface area contributed by atoms with Crippen LogP contribution in [0.4, 0.5) is 0 Å². The van der Waals surface area contributed by atoms with E-state index in [0.29, 0.717) is 13.1 Å². The van der Waals surface area contributed by atoms with Crippen LogP contribution in [0.25, 0.3) is 11.1 Å². The van der Waals surface area contributed by atoms with Gasteiger partial charge in [0, 0.05) is 12.1 Å².